The summed E-state index contributed by atoms with van der Waals surface area (Å²) in [5.41, 5.74) is 8.21. The second-order valence-corrected chi connectivity index (χ2v) is 5.03. The highest BCUT2D eigenvalue weighted by molar-refractivity contribution is 5.86. The standard InChI is InChI=1S/C15H22N4O/c1-17-7-8-19(2)15(20)13(16)9-11-10-18-14-6-4-3-5-12(11)14/h3-6,10,13,17-18H,7-9,16H2,1-2H3/t13-/m1/s1. The van der Waals surface area contributed by atoms with E-state index in [1.807, 2.05) is 37.5 Å². The van der Waals surface area contributed by atoms with Crippen molar-refractivity contribution in [2.75, 3.05) is 27.2 Å². The molecule has 0 spiro atoms. The maximum Gasteiger partial charge on any atom is 0.239 e. The summed E-state index contributed by atoms with van der Waals surface area (Å²) in [4.78, 5) is 17.1. The van der Waals surface area contributed by atoms with Gasteiger partial charge in [-0.15, -0.1) is 0 Å². The Kier molecular flexibility index (Phi) is 4.76. The second-order valence-electron chi connectivity index (χ2n) is 5.03. The summed E-state index contributed by atoms with van der Waals surface area (Å²) >= 11 is 0. The van der Waals surface area contributed by atoms with Crippen molar-refractivity contribution in [3.63, 3.8) is 0 Å². The van der Waals surface area contributed by atoms with Gasteiger partial charge in [0.05, 0.1) is 6.04 Å². The van der Waals surface area contributed by atoms with E-state index < -0.39 is 6.04 Å². The molecule has 2 aromatic rings. The smallest absolute Gasteiger partial charge is 0.239 e. The zero-order valence-electron chi connectivity index (χ0n) is 12.0. The molecular weight excluding hydrogens is 252 g/mol. The summed E-state index contributed by atoms with van der Waals surface area (Å²) in [5.74, 6) is -0.0227. The molecule has 0 radical (unpaired) electrons. The Balaban J connectivity index is 2.03. The minimum absolute atomic E-state index is 0.0227. The number of benzene rings is 1. The van der Waals surface area contributed by atoms with Gasteiger partial charge in [0.2, 0.25) is 5.91 Å². The van der Waals surface area contributed by atoms with Gasteiger partial charge in [-0.3, -0.25) is 4.79 Å². The van der Waals surface area contributed by atoms with Gasteiger partial charge >= 0.3 is 0 Å². The molecule has 0 aliphatic rings. The Morgan fingerprint density at radius 3 is 2.95 bits per heavy atom. The molecule has 0 saturated heterocycles. The number of likely N-dealkylation sites (N-methyl/N-ethyl adjacent to an activating group) is 2. The summed E-state index contributed by atoms with van der Waals surface area (Å²) in [6.07, 6.45) is 2.48. The lowest BCUT2D eigenvalue weighted by atomic mass is 10.0. The van der Waals surface area contributed by atoms with Gasteiger partial charge in [0.1, 0.15) is 0 Å². The third kappa shape index (κ3) is 3.18. The molecule has 0 aliphatic carbocycles. The van der Waals surface area contributed by atoms with Crippen molar-refractivity contribution in [2.24, 2.45) is 5.73 Å². The predicted molar refractivity (Wildman–Crippen MR) is 81.5 cm³/mol. The maximum absolute atomic E-state index is 12.2. The third-order valence-corrected chi connectivity index (χ3v) is 3.51. The minimum atomic E-state index is -0.504. The Labute approximate surface area is 119 Å². The van der Waals surface area contributed by atoms with Crippen molar-refractivity contribution >= 4 is 16.8 Å². The Morgan fingerprint density at radius 1 is 1.45 bits per heavy atom. The van der Waals surface area contributed by atoms with Crippen molar-refractivity contribution in [1.29, 1.82) is 0 Å². The molecule has 2 rings (SSSR count). The molecular formula is C15H22N4O. The molecule has 1 aromatic heterocycles. The molecule has 0 saturated carbocycles. The first-order chi connectivity index (χ1) is 9.63. The van der Waals surface area contributed by atoms with Crippen LogP contribution in [0, 0.1) is 0 Å². The van der Waals surface area contributed by atoms with Gasteiger partial charge < -0.3 is 20.9 Å². The highest BCUT2D eigenvalue weighted by Gasteiger charge is 2.19. The molecule has 20 heavy (non-hydrogen) atoms. The quantitative estimate of drug-likeness (QED) is 0.726. The van der Waals surface area contributed by atoms with Crippen molar-refractivity contribution < 1.29 is 4.79 Å². The molecule has 1 amide bonds. The normalized spacial score (nSPS) is 12.6. The van der Waals surface area contributed by atoms with Crippen LogP contribution in [0.4, 0.5) is 0 Å². The fourth-order valence-corrected chi connectivity index (χ4v) is 2.30. The second kappa shape index (κ2) is 6.54. The van der Waals surface area contributed by atoms with Crippen LogP contribution in [0.25, 0.3) is 10.9 Å². The van der Waals surface area contributed by atoms with Crippen molar-refractivity contribution in [3.8, 4) is 0 Å². The lowest BCUT2D eigenvalue weighted by molar-refractivity contribution is -0.131. The zero-order chi connectivity index (χ0) is 14.5. The van der Waals surface area contributed by atoms with Crippen LogP contribution in [0.15, 0.2) is 30.5 Å². The van der Waals surface area contributed by atoms with Crippen molar-refractivity contribution in [3.05, 3.63) is 36.0 Å². The van der Waals surface area contributed by atoms with Crippen LogP contribution < -0.4 is 11.1 Å². The number of carbonyl (C=O) groups is 1. The van der Waals surface area contributed by atoms with Gasteiger partial charge in [-0.05, 0) is 25.1 Å². The van der Waals surface area contributed by atoms with E-state index in [-0.39, 0.29) is 5.91 Å². The number of hydrogen-bond acceptors (Lipinski definition) is 3. The third-order valence-electron chi connectivity index (χ3n) is 3.51. The minimum Gasteiger partial charge on any atom is -0.361 e. The van der Waals surface area contributed by atoms with Crippen LogP contribution in [0.2, 0.25) is 0 Å². The lowest BCUT2D eigenvalue weighted by Crippen LogP contribution is -2.44. The van der Waals surface area contributed by atoms with E-state index >= 15 is 0 Å². The highest BCUT2D eigenvalue weighted by Crippen LogP contribution is 2.18. The van der Waals surface area contributed by atoms with Gasteiger partial charge in [0, 0.05) is 37.2 Å². The number of H-pyrrole nitrogens is 1. The highest BCUT2D eigenvalue weighted by atomic mass is 16.2. The van der Waals surface area contributed by atoms with Crippen molar-refractivity contribution in [2.45, 2.75) is 12.5 Å². The van der Waals surface area contributed by atoms with Gasteiger partial charge in [-0.25, -0.2) is 0 Å². The Morgan fingerprint density at radius 2 is 2.20 bits per heavy atom. The van der Waals surface area contributed by atoms with Crippen LogP contribution in [0.3, 0.4) is 0 Å². The van der Waals surface area contributed by atoms with E-state index in [9.17, 15) is 4.79 Å². The van der Waals surface area contributed by atoms with Crippen LogP contribution in [0.1, 0.15) is 5.56 Å². The molecule has 0 fully saturated rings. The number of carbonyl (C=O) groups excluding carboxylic acids is 1. The van der Waals surface area contributed by atoms with E-state index in [4.69, 9.17) is 5.73 Å². The summed E-state index contributed by atoms with van der Waals surface area (Å²) in [6, 6.07) is 7.54. The number of hydrogen-bond donors (Lipinski definition) is 3. The number of nitrogens with two attached hydrogens (primary N) is 1. The molecule has 0 aliphatic heterocycles. The lowest BCUT2D eigenvalue weighted by Gasteiger charge is -2.21. The predicted octanol–water partition coefficient (Wildman–Crippen LogP) is 0.716. The van der Waals surface area contributed by atoms with Gasteiger partial charge in [-0.1, -0.05) is 18.2 Å². The summed E-state index contributed by atoms with van der Waals surface area (Å²) in [5, 5.41) is 4.16. The fraction of sp³-hybridized carbons (Fsp3) is 0.400. The number of aromatic amines is 1. The van der Waals surface area contributed by atoms with Crippen LogP contribution in [-0.4, -0.2) is 49.0 Å². The van der Waals surface area contributed by atoms with Crippen molar-refractivity contribution in [1.82, 2.24) is 15.2 Å². The molecule has 4 N–H and O–H groups in total. The van der Waals surface area contributed by atoms with E-state index in [0.29, 0.717) is 13.0 Å². The summed E-state index contributed by atoms with van der Waals surface area (Å²) < 4.78 is 0. The first-order valence-electron chi connectivity index (χ1n) is 6.83. The number of fused-ring (bicyclic) bond motifs is 1. The van der Waals surface area contributed by atoms with E-state index in [0.717, 1.165) is 23.0 Å². The van der Waals surface area contributed by atoms with E-state index in [1.54, 1.807) is 11.9 Å². The molecule has 1 atom stereocenters. The molecule has 1 aromatic carbocycles. The topological polar surface area (TPSA) is 74.2 Å². The Hall–Kier alpha value is -1.85. The van der Waals surface area contributed by atoms with Gasteiger partial charge in [0.25, 0.3) is 0 Å². The van der Waals surface area contributed by atoms with E-state index in [1.165, 1.54) is 0 Å². The number of rotatable bonds is 6. The monoisotopic (exact) mass is 274 g/mol. The number of para-hydroxylation sites is 1. The maximum atomic E-state index is 12.2. The largest absolute Gasteiger partial charge is 0.361 e. The first kappa shape index (κ1) is 14.6. The summed E-state index contributed by atoms with van der Waals surface area (Å²) in [6.45, 7) is 1.43. The first-order valence-corrected chi connectivity index (χ1v) is 6.83. The molecule has 108 valence electrons. The fourth-order valence-electron chi connectivity index (χ4n) is 2.30. The van der Waals surface area contributed by atoms with E-state index in [2.05, 4.69) is 10.3 Å². The average Bonchev–Trinajstić information content (AvgIpc) is 2.87. The number of amides is 1. The number of nitrogens with one attached hydrogen (secondary N) is 2. The van der Waals surface area contributed by atoms with Gasteiger partial charge in [0.15, 0.2) is 0 Å². The molecule has 0 bridgehead atoms. The van der Waals surface area contributed by atoms with Gasteiger partial charge in [-0.2, -0.15) is 0 Å². The molecule has 5 nitrogen and oxygen atoms in total. The van der Waals surface area contributed by atoms with Crippen LogP contribution in [0.5, 0.6) is 0 Å². The SMILES string of the molecule is CNCCN(C)C(=O)[C@H](N)Cc1c[nH]c2ccccc12. The van der Waals surface area contributed by atoms with Crippen LogP contribution in [-0.2, 0) is 11.2 Å². The average molecular weight is 274 g/mol. The summed E-state index contributed by atoms with van der Waals surface area (Å²) in [7, 11) is 3.65. The van der Waals surface area contributed by atoms with Crippen LogP contribution >= 0.6 is 0 Å². The molecule has 5 heteroatoms. The number of aromatic nitrogens is 1. The molecule has 1 heterocycles. The zero-order valence-corrected chi connectivity index (χ0v) is 12.0. The Bertz CT molecular complexity index is 578. The number of nitrogens with zero attached hydrogens (tertiary/aromatic N) is 1. The molecule has 0 unspecified atom stereocenters.